The number of nitrogens with zero attached hydrogens (tertiary/aromatic N) is 2. The van der Waals surface area contributed by atoms with Gasteiger partial charge in [-0.05, 0) is 75.6 Å². The Labute approximate surface area is 247 Å². The summed E-state index contributed by atoms with van der Waals surface area (Å²) in [6.45, 7) is 8.76. The Morgan fingerprint density at radius 3 is 2.23 bits per heavy atom. The second-order valence-corrected chi connectivity index (χ2v) is 12.6. The molecule has 0 aliphatic heterocycles. The van der Waals surface area contributed by atoms with E-state index in [4.69, 9.17) is 23.2 Å². The van der Waals surface area contributed by atoms with Crippen LogP contribution in [0.2, 0.25) is 10.0 Å². The predicted molar refractivity (Wildman–Crippen MR) is 161 cm³/mol. The number of aryl methyl sites for hydroxylation is 2. The van der Waals surface area contributed by atoms with E-state index in [1.807, 2.05) is 52.0 Å². The molecule has 40 heavy (non-hydrogen) atoms. The zero-order chi connectivity index (χ0) is 29.6. The highest BCUT2D eigenvalue weighted by molar-refractivity contribution is 7.92. The smallest absolute Gasteiger partial charge is 0.264 e. The summed E-state index contributed by atoms with van der Waals surface area (Å²) < 4.78 is 28.8. The van der Waals surface area contributed by atoms with E-state index < -0.39 is 28.5 Å². The molecule has 3 aromatic carbocycles. The van der Waals surface area contributed by atoms with Gasteiger partial charge in [0.25, 0.3) is 10.0 Å². The summed E-state index contributed by atoms with van der Waals surface area (Å²) in [5, 5.41) is 3.30. The van der Waals surface area contributed by atoms with Crippen molar-refractivity contribution < 1.29 is 18.0 Å². The number of sulfonamides is 1. The van der Waals surface area contributed by atoms with Crippen LogP contribution in [-0.2, 0) is 26.2 Å². The van der Waals surface area contributed by atoms with E-state index >= 15 is 0 Å². The zero-order valence-corrected chi connectivity index (χ0v) is 25.6. The van der Waals surface area contributed by atoms with Gasteiger partial charge in [0.2, 0.25) is 11.8 Å². The van der Waals surface area contributed by atoms with E-state index in [2.05, 4.69) is 5.32 Å². The van der Waals surface area contributed by atoms with Gasteiger partial charge in [-0.25, -0.2) is 8.42 Å². The summed E-state index contributed by atoms with van der Waals surface area (Å²) in [5.41, 5.74) is 2.73. The minimum absolute atomic E-state index is 0.00467. The number of benzene rings is 3. The van der Waals surface area contributed by atoms with Crippen molar-refractivity contribution in [3.8, 4) is 0 Å². The first-order valence-corrected chi connectivity index (χ1v) is 15.2. The molecule has 0 saturated heterocycles. The highest BCUT2D eigenvalue weighted by Crippen LogP contribution is 2.33. The number of carbonyl (C=O) groups is 2. The van der Waals surface area contributed by atoms with Crippen LogP contribution in [0, 0.1) is 13.8 Å². The number of rotatable bonds is 11. The number of anilines is 1. The summed E-state index contributed by atoms with van der Waals surface area (Å²) in [5.74, 6) is -0.896. The van der Waals surface area contributed by atoms with Crippen LogP contribution in [0.4, 0.5) is 5.69 Å². The van der Waals surface area contributed by atoms with Crippen molar-refractivity contribution in [2.75, 3.05) is 10.8 Å². The molecule has 214 valence electrons. The van der Waals surface area contributed by atoms with E-state index in [-0.39, 0.29) is 39.1 Å². The van der Waals surface area contributed by atoms with Crippen LogP contribution in [0.1, 0.15) is 43.9 Å². The van der Waals surface area contributed by atoms with Crippen molar-refractivity contribution in [2.45, 2.75) is 64.6 Å². The maximum atomic E-state index is 14.0. The fourth-order valence-electron chi connectivity index (χ4n) is 4.05. The molecule has 0 radical (unpaired) electrons. The van der Waals surface area contributed by atoms with Crippen LogP contribution in [0.15, 0.2) is 71.6 Å². The van der Waals surface area contributed by atoms with Crippen LogP contribution in [0.3, 0.4) is 0 Å². The highest BCUT2D eigenvalue weighted by Gasteiger charge is 2.34. The van der Waals surface area contributed by atoms with Crippen molar-refractivity contribution in [3.63, 3.8) is 0 Å². The topological polar surface area (TPSA) is 86.8 Å². The van der Waals surface area contributed by atoms with Crippen LogP contribution in [0.25, 0.3) is 0 Å². The minimum atomic E-state index is -4.25. The van der Waals surface area contributed by atoms with Crippen LogP contribution < -0.4 is 9.62 Å². The molecule has 7 nitrogen and oxygen atoms in total. The second kappa shape index (κ2) is 13.5. The van der Waals surface area contributed by atoms with Gasteiger partial charge in [0, 0.05) is 17.6 Å². The van der Waals surface area contributed by atoms with Crippen LogP contribution in [-0.4, -0.2) is 43.8 Å². The van der Waals surface area contributed by atoms with E-state index in [9.17, 15) is 18.0 Å². The molecule has 0 saturated carbocycles. The standard InChI is InChI=1S/C30H35Cl2N3O4S/c1-6-22(4)33-30(37)23(5)34(18-24-10-8-7-9-21(24)3)29(36)19-35(28-17-25(31)13-16-27(28)32)40(38,39)26-14-11-20(2)12-15-26/h7-17,22-23H,6,18-19H2,1-5H3,(H,33,37)/t22-,23-/m1/s1. The summed E-state index contributed by atoms with van der Waals surface area (Å²) in [6, 6.07) is 17.3. The van der Waals surface area contributed by atoms with Crippen molar-refractivity contribution in [1.82, 2.24) is 10.2 Å². The molecule has 3 rings (SSSR count). The number of hydrogen-bond acceptors (Lipinski definition) is 4. The fraction of sp³-hybridized carbons (Fsp3) is 0.333. The van der Waals surface area contributed by atoms with Gasteiger partial charge in [0.05, 0.1) is 15.6 Å². The SMILES string of the molecule is CC[C@@H](C)NC(=O)[C@@H](C)N(Cc1ccccc1C)C(=O)CN(c1cc(Cl)ccc1Cl)S(=O)(=O)c1ccc(C)cc1. The highest BCUT2D eigenvalue weighted by atomic mass is 35.5. The molecular formula is C30H35Cl2N3O4S. The zero-order valence-electron chi connectivity index (χ0n) is 23.3. The predicted octanol–water partition coefficient (Wildman–Crippen LogP) is 6.14. The third-order valence-electron chi connectivity index (χ3n) is 6.83. The summed E-state index contributed by atoms with van der Waals surface area (Å²) >= 11 is 12.7. The van der Waals surface area contributed by atoms with Gasteiger partial charge in [-0.15, -0.1) is 0 Å². The van der Waals surface area contributed by atoms with Crippen molar-refractivity contribution in [2.24, 2.45) is 0 Å². The van der Waals surface area contributed by atoms with Gasteiger partial charge in [0.1, 0.15) is 12.6 Å². The molecule has 2 atom stereocenters. The molecule has 1 N–H and O–H groups in total. The van der Waals surface area contributed by atoms with Gasteiger partial charge >= 0.3 is 0 Å². The molecule has 0 bridgehead atoms. The Hall–Kier alpha value is -3.07. The van der Waals surface area contributed by atoms with Crippen molar-refractivity contribution in [1.29, 1.82) is 0 Å². The fourth-order valence-corrected chi connectivity index (χ4v) is 5.91. The maximum absolute atomic E-state index is 14.0. The van der Waals surface area contributed by atoms with Crippen LogP contribution >= 0.6 is 23.2 Å². The van der Waals surface area contributed by atoms with Crippen LogP contribution in [0.5, 0.6) is 0 Å². The molecule has 0 aromatic heterocycles. The Bertz CT molecular complexity index is 1460. The van der Waals surface area contributed by atoms with E-state index in [1.54, 1.807) is 19.1 Å². The van der Waals surface area contributed by atoms with Gasteiger partial charge in [0.15, 0.2) is 0 Å². The molecule has 3 aromatic rings. The normalized spacial score (nSPS) is 12.9. The number of halogens is 2. The van der Waals surface area contributed by atoms with E-state index in [0.29, 0.717) is 0 Å². The first-order chi connectivity index (χ1) is 18.8. The molecule has 2 amide bonds. The molecule has 0 spiro atoms. The average molecular weight is 605 g/mol. The Morgan fingerprint density at radius 1 is 0.950 bits per heavy atom. The number of hydrogen-bond donors (Lipinski definition) is 1. The minimum Gasteiger partial charge on any atom is -0.352 e. The second-order valence-electron chi connectivity index (χ2n) is 9.86. The molecule has 0 aliphatic rings. The van der Waals surface area contributed by atoms with Gasteiger partial charge in [-0.1, -0.05) is 72.1 Å². The summed E-state index contributed by atoms with van der Waals surface area (Å²) in [6.07, 6.45) is 0.722. The van der Waals surface area contributed by atoms with Gasteiger partial charge in [-0.3, -0.25) is 13.9 Å². The molecule has 0 aliphatic carbocycles. The maximum Gasteiger partial charge on any atom is 0.264 e. The molecule has 10 heteroatoms. The van der Waals surface area contributed by atoms with Crippen molar-refractivity contribution >= 4 is 50.7 Å². The monoisotopic (exact) mass is 603 g/mol. The first kappa shape index (κ1) is 31.5. The molecule has 0 fully saturated rings. The lowest BCUT2D eigenvalue weighted by Gasteiger charge is -2.33. The Morgan fingerprint density at radius 2 is 1.60 bits per heavy atom. The summed E-state index contributed by atoms with van der Waals surface area (Å²) in [4.78, 5) is 28.6. The first-order valence-electron chi connectivity index (χ1n) is 13.0. The van der Waals surface area contributed by atoms with Gasteiger partial charge < -0.3 is 10.2 Å². The number of amides is 2. The molecule has 0 heterocycles. The summed E-state index contributed by atoms with van der Waals surface area (Å²) in [7, 11) is -4.25. The molecule has 0 unspecified atom stereocenters. The number of carbonyl (C=O) groups excluding carboxylic acids is 2. The van der Waals surface area contributed by atoms with Crippen molar-refractivity contribution in [3.05, 3.63) is 93.5 Å². The lowest BCUT2D eigenvalue weighted by Crippen LogP contribution is -2.52. The lowest BCUT2D eigenvalue weighted by molar-refractivity contribution is -0.139. The Kier molecular flexibility index (Phi) is 10.6. The third-order valence-corrected chi connectivity index (χ3v) is 9.16. The average Bonchev–Trinajstić information content (AvgIpc) is 2.92. The molecular weight excluding hydrogens is 569 g/mol. The lowest BCUT2D eigenvalue weighted by atomic mass is 10.1. The number of nitrogens with one attached hydrogen (secondary N) is 1. The quantitative estimate of drug-likeness (QED) is 0.285. The Balaban J connectivity index is 2.08. The largest absolute Gasteiger partial charge is 0.352 e. The van der Waals surface area contributed by atoms with E-state index in [0.717, 1.165) is 27.4 Å². The third kappa shape index (κ3) is 7.56. The van der Waals surface area contributed by atoms with Gasteiger partial charge in [-0.2, -0.15) is 0 Å². The van der Waals surface area contributed by atoms with E-state index in [1.165, 1.54) is 35.2 Å².